The summed E-state index contributed by atoms with van der Waals surface area (Å²) in [5.41, 5.74) is 14.5. The van der Waals surface area contributed by atoms with Gasteiger partial charge in [0, 0.05) is 55.2 Å². The van der Waals surface area contributed by atoms with Gasteiger partial charge in [-0.3, -0.25) is 0 Å². The molecule has 11 rings (SSSR count). The standard InChI is InChI=1S/C55H37N3/c1-4-15-38(16-5-1)40-27-31-43(32-28-40)57(44-33-29-41(30-34-44)39-17-6-2-7-18-39)45-21-14-22-46(37-45)58-52-26-13-11-23-47(52)48-35-36-50-53(55(48)58)49-24-10-12-25-51(49)56-54(50)42-19-8-3-9-20-42/h1-37H. The van der Waals surface area contributed by atoms with Crippen LogP contribution in [0.4, 0.5) is 17.1 Å². The molecule has 0 aliphatic carbocycles. The van der Waals surface area contributed by atoms with E-state index in [9.17, 15) is 0 Å². The quantitative estimate of drug-likeness (QED) is 0.152. The average Bonchev–Trinajstić information content (AvgIpc) is 3.65. The second-order valence-corrected chi connectivity index (χ2v) is 14.8. The van der Waals surface area contributed by atoms with Gasteiger partial charge in [0.15, 0.2) is 0 Å². The van der Waals surface area contributed by atoms with Crippen molar-refractivity contribution in [2.24, 2.45) is 0 Å². The number of rotatable bonds is 7. The summed E-state index contributed by atoms with van der Waals surface area (Å²) >= 11 is 0. The molecule has 0 N–H and O–H groups in total. The van der Waals surface area contributed by atoms with Gasteiger partial charge in [-0.15, -0.1) is 0 Å². The van der Waals surface area contributed by atoms with E-state index in [1.165, 1.54) is 43.9 Å². The molecule has 0 amide bonds. The van der Waals surface area contributed by atoms with E-state index in [4.69, 9.17) is 4.98 Å². The normalized spacial score (nSPS) is 11.4. The smallest absolute Gasteiger partial charge is 0.0788 e. The molecular weight excluding hydrogens is 703 g/mol. The molecule has 3 heteroatoms. The van der Waals surface area contributed by atoms with E-state index in [2.05, 4.69) is 234 Å². The summed E-state index contributed by atoms with van der Waals surface area (Å²) in [6.07, 6.45) is 0. The van der Waals surface area contributed by atoms with E-state index in [0.717, 1.165) is 55.8 Å². The maximum Gasteiger partial charge on any atom is 0.0788 e. The number of hydrogen-bond donors (Lipinski definition) is 0. The maximum atomic E-state index is 5.28. The van der Waals surface area contributed by atoms with Crippen LogP contribution in [-0.4, -0.2) is 9.55 Å². The van der Waals surface area contributed by atoms with Crippen molar-refractivity contribution in [2.45, 2.75) is 0 Å². The van der Waals surface area contributed by atoms with Crippen molar-refractivity contribution in [3.05, 3.63) is 224 Å². The van der Waals surface area contributed by atoms with Crippen LogP contribution in [0.5, 0.6) is 0 Å². The molecule has 11 aromatic rings. The number of fused-ring (bicyclic) bond motifs is 7. The van der Waals surface area contributed by atoms with Gasteiger partial charge in [0.25, 0.3) is 0 Å². The van der Waals surface area contributed by atoms with Crippen LogP contribution in [0.3, 0.4) is 0 Å². The molecule has 3 nitrogen and oxygen atoms in total. The van der Waals surface area contributed by atoms with Crippen LogP contribution in [0.2, 0.25) is 0 Å². The van der Waals surface area contributed by atoms with E-state index < -0.39 is 0 Å². The predicted octanol–water partition coefficient (Wildman–Crippen LogP) is 15.0. The average molecular weight is 740 g/mol. The molecule has 9 aromatic carbocycles. The number of pyridine rings is 1. The van der Waals surface area contributed by atoms with Crippen LogP contribution in [0.1, 0.15) is 0 Å². The highest BCUT2D eigenvalue weighted by molar-refractivity contribution is 6.26. The summed E-state index contributed by atoms with van der Waals surface area (Å²) in [5, 5.41) is 5.91. The number of benzene rings is 9. The Morgan fingerprint density at radius 1 is 0.345 bits per heavy atom. The summed E-state index contributed by atoms with van der Waals surface area (Å²) in [6.45, 7) is 0. The van der Waals surface area contributed by atoms with Crippen LogP contribution in [0.25, 0.3) is 82.7 Å². The molecule has 0 aliphatic rings. The minimum absolute atomic E-state index is 0.982. The Kier molecular flexibility index (Phi) is 8.15. The Bertz CT molecular complexity index is 3160. The third-order valence-corrected chi connectivity index (χ3v) is 11.4. The Hall–Kier alpha value is -7.75. The molecule has 2 heterocycles. The van der Waals surface area contributed by atoms with Crippen LogP contribution >= 0.6 is 0 Å². The van der Waals surface area contributed by atoms with Crippen molar-refractivity contribution in [1.82, 2.24) is 9.55 Å². The third kappa shape index (κ3) is 5.72. The lowest BCUT2D eigenvalue weighted by atomic mass is 9.97. The highest BCUT2D eigenvalue weighted by atomic mass is 15.1. The molecule has 58 heavy (non-hydrogen) atoms. The van der Waals surface area contributed by atoms with E-state index in [1.807, 2.05) is 0 Å². The van der Waals surface area contributed by atoms with Crippen molar-refractivity contribution in [3.8, 4) is 39.2 Å². The predicted molar refractivity (Wildman–Crippen MR) is 245 cm³/mol. The first-order valence-electron chi connectivity index (χ1n) is 19.8. The fraction of sp³-hybridized carbons (Fsp3) is 0. The highest BCUT2D eigenvalue weighted by Crippen LogP contribution is 2.43. The summed E-state index contributed by atoms with van der Waals surface area (Å²) in [6, 6.07) is 80.5. The zero-order valence-corrected chi connectivity index (χ0v) is 31.7. The highest BCUT2D eigenvalue weighted by Gasteiger charge is 2.21. The lowest BCUT2D eigenvalue weighted by molar-refractivity contribution is 1.17. The van der Waals surface area contributed by atoms with Gasteiger partial charge in [-0.1, -0.05) is 170 Å². The summed E-state index contributed by atoms with van der Waals surface area (Å²) in [4.78, 5) is 7.64. The van der Waals surface area contributed by atoms with Gasteiger partial charge in [-0.05, 0) is 76.9 Å². The van der Waals surface area contributed by atoms with Gasteiger partial charge in [0.05, 0.1) is 22.2 Å². The Labute approximate surface area is 337 Å². The lowest BCUT2D eigenvalue weighted by Crippen LogP contribution is -2.10. The van der Waals surface area contributed by atoms with Crippen molar-refractivity contribution in [1.29, 1.82) is 0 Å². The molecule has 0 atom stereocenters. The van der Waals surface area contributed by atoms with E-state index in [-0.39, 0.29) is 0 Å². The maximum absolute atomic E-state index is 5.28. The van der Waals surface area contributed by atoms with Gasteiger partial charge >= 0.3 is 0 Å². The molecule has 0 saturated heterocycles. The molecule has 2 aromatic heterocycles. The Morgan fingerprint density at radius 2 is 0.862 bits per heavy atom. The minimum Gasteiger partial charge on any atom is -0.310 e. The van der Waals surface area contributed by atoms with Crippen LogP contribution < -0.4 is 4.90 Å². The molecule has 0 fully saturated rings. The summed E-state index contributed by atoms with van der Waals surface area (Å²) in [7, 11) is 0. The first-order valence-corrected chi connectivity index (χ1v) is 19.8. The summed E-state index contributed by atoms with van der Waals surface area (Å²) in [5.74, 6) is 0. The van der Waals surface area contributed by atoms with Crippen molar-refractivity contribution in [3.63, 3.8) is 0 Å². The topological polar surface area (TPSA) is 21.1 Å². The number of aromatic nitrogens is 2. The number of anilines is 3. The van der Waals surface area contributed by atoms with Crippen LogP contribution in [0, 0.1) is 0 Å². The van der Waals surface area contributed by atoms with Gasteiger partial charge < -0.3 is 9.47 Å². The molecule has 0 bridgehead atoms. The number of para-hydroxylation sites is 2. The van der Waals surface area contributed by atoms with Gasteiger partial charge in [-0.2, -0.15) is 0 Å². The number of hydrogen-bond acceptors (Lipinski definition) is 2. The fourth-order valence-electron chi connectivity index (χ4n) is 8.66. The molecule has 0 spiro atoms. The van der Waals surface area contributed by atoms with E-state index in [0.29, 0.717) is 0 Å². The SMILES string of the molecule is c1ccc(-c2ccc(N(c3ccc(-c4ccccc4)cc3)c3cccc(-n4c5ccccc5c5ccc6c(-c7ccccc7)nc7ccccc7c6c54)c3)cc2)cc1. The lowest BCUT2D eigenvalue weighted by Gasteiger charge is -2.27. The second-order valence-electron chi connectivity index (χ2n) is 14.8. The van der Waals surface area contributed by atoms with Gasteiger partial charge in [-0.25, -0.2) is 4.98 Å². The van der Waals surface area contributed by atoms with Gasteiger partial charge in [0.2, 0.25) is 0 Å². The van der Waals surface area contributed by atoms with Crippen molar-refractivity contribution in [2.75, 3.05) is 4.90 Å². The van der Waals surface area contributed by atoms with Crippen molar-refractivity contribution >= 4 is 60.5 Å². The molecule has 0 saturated carbocycles. The molecule has 0 aliphatic heterocycles. The molecule has 0 unspecified atom stereocenters. The molecule has 272 valence electrons. The number of nitrogens with zero attached hydrogens (tertiary/aromatic N) is 3. The Morgan fingerprint density at radius 3 is 1.50 bits per heavy atom. The monoisotopic (exact) mass is 739 g/mol. The van der Waals surface area contributed by atoms with E-state index >= 15 is 0 Å². The second kappa shape index (κ2) is 14.1. The summed E-state index contributed by atoms with van der Waals surface area (Å²) < 4.78 is 2.47. The zero-order chi connectivity index (χ0) is 38.4. The zero-order valence-electron chi connectivity index (χ0n) is 31.7. The minimum atomic E-state index is 0.982. The van der Waals surface area contributed by atoms with Gasteiger partial charge in [0.1, 0.15) is 0 Å². The van der Waals surface area contributed by atoms with Crippen molar-refractivity contribution < 1.29 is 0 Å². The first kappa shape index (κ1) is 33.6. The third-order valence-electron chi connectivity index (χ3n) is 11.4. The largest absolute Gasteiger partial charge is 0.310 e. The van der Waals surface area contributed by atoms with Crippen LogP contribution in [-0.2, 0) is 0 Å². The fourth-order valence-corrected chi connectivity index (χ4v) is 8.66. The Balaban J connectivity index is 1.14. The van der Waals surface area contributed by atoms with E-state index in [1.54, 1.807) is 0 Å². The van der Waals surface area contributed by atoms with Crippen LogP contribution in [0.15, 0.2) is 224 Å². The molecule has 0 radical (unpaired) electrons. The first-order chi connectivity index (χ1) is 28.8. The molecular formula is C55H37N3.